The van der Waals surface area contributed by atoms with E-state index < -0.39 is 10.0 Å². The monoisotopic (exact) mass is 236 g/mol. The zero-order chi connectivity index (χ0) is 11.9. The molecule has 0 aliphatic heterocycles. The van der Waals surface area contributed by atoms with Crippen LogP contribution in [0.2, 0.25) is 0 Å². The molecule has 5 heteroatoms. The second-order valence-corrected chi connectivity index (χ2v) is 6.05. The van der Waals surface area contributed by atoms with E-state index in [1.165, 1.54) is 4.31 Å². The van der Waals surface area contributed by atoms with Crippen molar-refractivity contribution in [3.05, 3.63) is 0 Å². The van der Waals surface area contributed by atoms with E-state index in [0.717, 1.165) is 25.8 Å². The molecule has 0 heterocycles. The minimum atomic E-state index is -3.05. The van der Waals surface area contributed by atoms with Crippen molar-refractivity contribution in [3.8, 4) is 0 Å². The molecule has 4 nitrogen and oxygen atoms in total. The molecule has 0 aromatic rings. The van der Waals surface area contributed by atoms with Crippen LogP contribution in [0.3, 0.4) is 0 Å². The smallest absolute Gasteiger partial charge is 0.214 e. The summed E-state index contributed by atoms with van der Waals surface area (Å²) in [6.45, 7) is 4.81. The lowest BCUT2D eigenvalue weighted by Gasteiger charge is -2.23. The van der Waals surface area contributed by atoms with Gasteiger partial charge in [0.05, 0.1) is 5.75 Å². The molecule has 1 atom stereocenters. The summed E-state index contributed by atoms with van der Waals surface area (Å²) in [5.74, 6) is 0.259. The topological polar surface area (TPSA) is 49.4 Å². The molecule has 0 radical (unpaired) electrons. The van der Waals surface area contributed by atoms with Crippen LogP contribution in [0.1, 0.15) is 33.1 Å². The lowest BCUT2D eigenvalue weighted by molar-refractivity contribution is 0.380. The molecular formula is C10H24N2O2S. The van der Waals surface area contributed by atoms with Crippen molar-refractivity contribution >= 4 is 10.0 Å². The summed E-state index contributed by atoms with van der Waals surface area (Å²) >= 11 is 0. The maximum absolute atomic E-state index is 11.8. The first-order chi connectivity index (χ1) is 6.95. The second kappa shape index (κ2) is 7.19. The van der Waals surface area contributed by atoms with Gasteiger partial charge in [-0.3, -0.25) is 0 Å². The number of nitrogens with one attached hydrogen (secondary N) is 1. The fourth-order valence-corrected chi connectivity index (χ4v) is 2.82. The molecule has 0 spiro atoms. The van der Waals surface area contributed by atoms with Crippen molar-refractivity contribution < 1.29 is 8.42 Å². The molecule has 0 aromatic heterocycles. The summed E-state index contributed by atoms with van der Waals surface area (Å²) in [7, 11) is 0.496. The van der Waals surface area contributed by atoms with Gasteiger partial charge in [0, 0.05) is 13.1 Å². The van der Waals surface area contributed by atoms with Crippen LogP contribution in [0, 0.1) is 0 Å². The molecule has 15 heavy (non-hydrogen) atoms. The van der Waals surface area contributed by atoms with Crippen molar-refractivity contribution in [2.45, 2.75) is 39.2 Å². The van der Waals surface area contributed by atoms with E-state index in [1.54, 1.807) is 7.05 Å². The first-order valence-corrected chi connectivity index (χ1v) is 7.17. The fraction of sp³-hybridized carbons (Fsp3) is 1.00. The quantitative estimate of drug-likeness (QED) is 0.641. The Kier molecular flexibility index (Phi) is 7.13. The first kappa shape index (κ1) is 14.9. The largest absolute Gasteiger partial charge is 0.320 e. The van der Waals surface area contributed by atoms with Gasteiger partial charge in [0.2, 0.25) is 10.0 Å². The highest BCUT2D eigenvalue weighted by atomic mass is 32.2. The Bertz CT molecular complexity index is 252. The first-order valence-electron chi connectivity index (χ1n) is 5.56. The number of nitrogens with zero attached hydrogens (tertiary/aromatic N) is 1. The molecule has 92 valence electrons. The zero-order valence-corrected chi connectivity index (χ0v) is 11.1. The van der Waals surface area contributed by atoms with Gasteiger partial charge in [0.1, 0.15) is 0 Å². The Morgan fingerprint density at radius 2 is 1.93 bits per heavy atom. The van der Waals surface area contributed by atoms with E-state index in [2.05, 4.69) is 5.32 Å². The molecule has 0 fully saturated rings. The third-order valence-corrected chi connectivity index (χ3v) is 4.77. The van der Waals surface area contributed by atoms with E-state index in [-0.39, 0.29) is 11.8 Å². The van der Waals surface area contributed by atoms with Crippen molar-refractivity contribution in [1.29, 1.82) is 0 Å². The highest BCUT2D eigenvalue weighted by molar-refractivity contribution is 7.89. The van der Waals surface area contributed by atoms with Gasteiger partial charge in [-0.25, -0.2) is 12.7 Å². The molecule has 1 unspecified atom stereocenters. The Balaban J connectivity index is 4.06. The number of hydrogen-bond acceptors (Lipinski definition) is 3. The van der Waals surface area contributed by atoms with Crippen LogP contribution in [0.15, 0.2) is 0 Å². The molecule has 0 saturated carbocycles. The van der Waals surface area contributed by atoms with Gasteiger partial charge in [-0.1, -0.05) is 6.92 Å². The van der Waals surface area contributed by atoms with Gasteiger partial charge in [0.25, 0.3) is 0 Å². The average Bonchev–Trinajstić information content (AvgIpc) is 2.22. The summed E-state index contributed by atoms with van der Waals surface area (Å²) in [5, 5.41) is 3.01. The molecule has 0 saturated heterocycles. The maximum Gasteiger partial charge on any atom is 0.214 e. The summed E-state index contributed by atoms with van der Waals surface area (Å²) in [6.07, 6.45) is 2.49. The molecule has 0 aliphatic rings. The van der Waals surface area contributed by atoms with Crippen molar-refractivity contribution in [2.75, 3.05) is 26.4 Å². The summed E-state index contributed by atoms with van der Waals surface area (Å²) < 4.78 is 25.1. The third-order valence-electron chi connectivity index (χ3n) is 2.73. The fourth-order valence-electron chi connectivity index (χ4n) is 1.26. The van der Waals surface area contributed by atoms with Gasteiger partial charge in [-0.05, 0) is 39.8 Å². The Morgan fingerprint density at radius 3 is 2.40 bits per heavy atom. The summed E-state index contributed by atoms with van der Waals surface area (Å²) in [4.78, 5) is 0. The van der Waals surface area contributed by atoms with E-state index in [1.807, 2.05) is 20.9 Å². The molecule has 1 N–H and O–H groups in total. The van der Waals surface area contributed by atoms with Gasteiger partial charge >= 0.3 is 0 Å². The van der Waals surface area contributed by atoms with E-state index in [9.17, 15) is 8.42 Å². The molecule has 0 aromatic carbocycles. The summed E-state index contributed by atoms with van der Waals surface area (Å²) in [5.41, 5.74) is 0. The highest BCUT2D eigenvalue weighted by Crippen LogP contribution is 2.09. The normalized spacial score (nSPS) is 14.5. The van der Waals surface area contributed by atoms with Crippen molar-refractivity contribution in [2.24, 2.45) is 0 Å². The Morgan fingerprint density at radius 1 is 1.33 bits per heavy atom. The van der Waals surface area contributed by atoms with Crippen LogP contribution < -0.4 is 5.32 Å². The lowest BCUT2D eigenvalue weighted by atomic mass is 10.3. The lowest BCUT2D eigenvalue weighted by Crippen LogP contribution is -2.36. The number of unbranched alkanes of at least 4 members (excludes halogenated alkanes) is 1. The minimum Gasteiger partial charge on any atom is -0.320 e. The predicted octanol–water partition coefficient (Wildman–Crippen LogP) is 1.05. The number of hydrogen-bond donors (Lipinski definition) is 1. The molecule has 0 aliphatic carbocycles. The van der Waals surface area contributed by atoms with Gasteiger partial charge < -0.3 is 5.32 Å². The van der Waals surface area contributed by atoms with Crippen molar-refractivity contribution in [3.63, 3.8) is 0 Å². The van der Waals surface area contributed by atoms with Crippen LogP contribution in [0.4, 0.5) is 0 Å². The van der Waals surface area contributed by atoms with E-state index in [0.29, 0.717) is 0 Å². The van der Waals surface area contributed by atoms with Gasteiger partial charge in [-0.2, -0.15) is 0 Å². The summed E-state index contributed by atoms with van der Waals surface area (Å²) in [6, 6.07) is 0.0966. The third kappa shape index (κ3) is 5.49. The van der Waals surface area contributed by atoms with E-state index in [4.69, 9.17) is 0 Å². The second-order valence-electron chi connectivity index (χ2n) is 3.90. The molecule has 0 amide bonds. The molecule has 0 bridgehead atoms. The molecular weight excluding hydrogens is 212 g/mol. The highest BCUT2D eigenvalue weighted by Gasteiger charge is 2.21. The van der Waals surface area contributed by atoms with Gasteiger partial charge in [0.15, 0.2) is 0 Å². The van der Waals surface area contributed by atoms with Crippen LogP contribution in [-0.2, 0) is 10.0 Å². The number of sulfonamides is 1. The van der Waals surface area contributed by atoms with Gasteiger partial charge in [-0.15, -0.1) is 0 Å². The predicted molar refractivity (Wildman–Crippen MR) is 64.5 cm³/mol. The van der Waals surface area contributed by atoms with E-state index >= 15 is 0 Å². The van der Waals surface area contributed by atoms with Crippen LogP contribution in [-0.4, -0.2) is 45.2 Å². The Labute approximate surface area is 94.1 Å². The minimum absolute atomic E-state index is 0.0966. The van der Waals surface area contributed by atoms with Crippen LogP contribution in [0.5, 0.6) is 0 Å². The maximum atomic E-state index is 11.8. The SMILES string of the molecule is CCC(C)N(C)S(=O)(=O)CCCCNC. The van der Waals surface area contributed by atoms with Crippen LogP contribution >= 0.6 is 0 Å². The van der Waals surface area contributed by atoms with Crippen molar-refractivity contribution in [1.82, 2.24) is 9.62 Å². The zero-order valence-electron chi connectivity index (χ0n) is 10.3. The standard InChI is InChI=1S/C10H24N2O2S/c1-5-10(2)12(4)15(13,14)9-7-6-8-11-3/h10-11H,5-9H2,1-4H3. The number of rotatable bonds is 8. The molecule has 0 rings (SSSR count). The average molecular weight is 236 g/mol. The Hall–Kier alpha value is -0.130. The van der Waals surface area contributed by atoms with Crippen LogP contribution in [0.25, 0.3) is 0 Å².